The Kier molecular flexibility index (Phi) is 3.62. The summed E-state index contributed by atoms with van der Waals surface area (Å²) in [4.78, 5) is 18.1. The van der Waals surface area contributed by atoms with E-state index in [1.54, 1.807) is 20.1 Å². The maximum Gasteiger partial charge on any atom is 0.251 e. The highest BCUT2D eigenvalue weighted by Gasteiger charge is 2.01. The van der Waals surface area contributed by atoms with Crippen LogP contribution < -0.4 is 15.0 Å². The van der Waals surface area contributed by atoms with Gasteiger partial charge in [-0.25, -0.2) is 4.98 Å². The summed E-state index contributed by atoms with van der Waals surface area (Å²) < 4.78 is 10.6. The molecule has 0 radical (unpaired) electrons. The highest BCUT2D eigenvalue weighted by atomic mass is 16.5. The van der Waals surface area contributed by atoms with Gasteiger partial charge >= 0.3 is 0 Å². The van der Waals surface area contributed by atoms with Gasteiger partial charge in [-0.3, -0.25) is 4.79 Å². The Balaban J connectivity index is 2.08. The van der Waals surface area contributed by atoms with Crippen molar-refractivity contribution in [1.82, 2.24) is 9.97 Å². The number of aryl methyl sites for hydroxylation is 1. The zero-order chi connectivity index (χ0) is 13.0. The third kappa shape index (κ3) is 3.10. The van der Waals surface area contributed by atoms with Crippen LogP contribution in [-0.4, -0.2) is 17.1 Å². The molecule has 0 saturated carbocycles. The Morgan fingerprint density at radius 2 is 2.06 bits per heavy atom. The van der Waals surface area contributed by atoms with Gasteiger partial charge in [-0.15, -0.1) is 0 Å². The predicted molar refractivity (Wildman–Crippen MR) is 66.9 cm³/mol. The van der Waals surface area contributed by atoms with Crippen LogP contribution in [0.4, 0.5) is 0 Å². The summed E-state index contributed by atoms with van der Waals surface area (Å²) in [6, 6.07) is 8.69. The molecule has 1 heterocycles. The molecule has 0 amide bonds. The molecule has 0 atom stereocenters. The van der Waals surface area contributed by atoms with Crippen LogP contribution in [-0.2, 0) is 6.61 Å². The van der Waals surface area contributed by atoms with Gasteiger partial charge in [0, 0.05) is 17.8 Å². The van der Waals surface area contributed by atoms with Crippen LogP contribution >= 0.6 is 0 Å². The first-order valence-electron chi connectivity index (χ1n) is 5.51. The molecule has 0 aliphatic rings. The number of aromatic nitrogens is 2. The van der Waals surface area contributed by atoms with E-state index in [0.717, 1.165) is 5.75 Å². The molecule has 0 unspecified atom stereocenters. The molecule has 2 rings (SSSR count). The number of methoxy groups -OCH3 is 1. The van der Waals surface area contributed by atoms with Crippen LogP contribution in [0.3, 0.4) is 0 Å². The molecule has 5 heteroatoms. The molecular weight excluding hydrogens is 232 g/mol. The lowest BCUT2D eigenvalue weighted by Crippen LogP contribution is -2.13. The molecule has 0 spiro atoms. The number of aromatic amines is 1. The largest absolute Gasteiger partial charge is 0.497 e. The predicted octanol–water partition coefficient (Wildman–Crippen LogP) is 1.67. The number of H-pyrrole nitrogens is 1. The molecule has 1 aromatic carbocycles. The molecule has 1 aromatic heterocycles. The van der Waals surface area contributed by atoms with Crippen molar-refractivity contribution < 1.29 is 9.47 Å². The third-order valence-electron chi connectivity index (χ3n) is 2.34. The quantitative estimate of drug-likeness (QED) is 0.891. The summed E-state index contributed by atoms with van der Waals surface area (Å²) >= 11 is 0. The van der Waals surface area contributed by atoms with Crippen molar-refractivity contribution >= 4 is 0 Å². The normalized spacial score (nSPS) is 10.1. The van der Waals surface area contributed by atoms with E-state index in [-0.39, 0.29) is 12.2 Å². The fourth-order valence-corrected chi connectivity index (χ4v) is 1.55. The molecule has 0 aliphatic heterocycles. The Morgan fingerprint density at radius 1 is 1.28 bits per heavy atom. The second-order valence-corrected chi connectivity index (χ2v) is 3.80. The molecule has 2 aromatic rings. The van der Waals surface area contributed by atoms with Gasteiger partial charge in [-0.2, -0.15) is 0 Å². The summed E-state index contributed by atoms with van der Waals surface area (Å²) in [6.07, 6.45) is 0. The van der Waals surface area contributed by atoms with Gasteiger partial charge < -0.3 is 14.5 Å². The van der Waals surface area contributed by atoms with Gasteiger partial charge in [0.25, 0.3) is 5.56 Å². The van der Waals surface area contributed by atoms with E-state index < -0.39 is 0 Å². The minimum atomic E-state index is -0.174. The van der Waals surface area contributed by atoms with Gasteiger partial charge in [0.05, 0.1) is 7.11 Å². The Morgan fingerprint density at radius 3 is 2.78 bits per heavy atom. The van der Waals surface area contributed by atoms with Gasteiger partial charge in [-0.05, 0) is 19.1 Å². The summed E-state index contributed by atoms with van der Waals surface area (Å²) in [5, 5.41) is 0. The van der Waals surface area contributed by atoms with E-state index in [1.807, 2.05) is 18.2 Å². The summed E-state index contributed by atoms with van der Waals surface area (Å²) in [5.74, 6) is 1.89. The Bertz CT molecular complexity index is 593. The molecule has 0 bridgehead atoms. The van der Waals surface area contributed by atoms with Crippen LogP contribution in [0.1, 0.15) is 11.5 Å². The highest BCUT2D eigenvalue weighted by Crippen LogP contribution is 2.19. The van der Waals surface area contributed by atoms with Crippen LogP contribution in [0.2, 0.25) is 0 Å². The summed E-state index contributed by atoms with van der Waals surface area (Å²) in [5.41, 5.74) is 0.495. The monoisotopic (exact) mass is 246 g/mol. The van der Waals surface area contributed by atoms with E-state index in [4.69, 9.17) is 9.47 Å². The van der Waals surface area contributed by atoms with Crippen molar-refractivity contribution in [2.75, 3.05) is 7.11 Å². The molecule has 0 aliphatic carbocycles. The molecule has 94 valence electrons. The van der Waals surface area contributed by atoms with Crippen molar-refractivity contribution in [2.45, 2.75) is 13.5 Å². The minimum absolute atomic E-state index is 0.174. The highest BCUT2D eigenvalue weighted by molar-refractivity contribution is 5.32. The lowest BCUT2D eigenvalue weighted by molar-refractivity contribution is 0.293. The first-order valence-corrected chi connectivity index (χ1v) is 5.51. The maximum absolute atomic E-state index is 11.3. The van der Waals surface area contributed by atoms with Crippen molar-refractivity contribution in [3.63, 3.8) is 0 Å². The lowest BCUT2D eigenvalue weighted by atomic mass is 10.3. The Hall–Kier alpha value is -2.30. The first-order chi connectivity index (χ1) is 8.67. The van der Waals surface area contributed by atoms with E-state index in [2.05, 4.69) is 9.97 Å². The Labute approximate surface area is 104 Å². The topological polar surface area (TPSA) is 64.2 Å². The van der Waals surface area contributed by atoms with Crippen molar-refractivity contribution in [3.05, 3.63) is 52.2 Å². The first kappa shape index (κ1) is 12.2. The van der Waals surface area contributed by atoms with Gasteiger partial charge in [-0.1, -0.05) is 6.07 Å². The van der Waals surface area contributed by atoms with Gasteiger partial charge in [0.15, 0.2) is 0 Å². The zero-order valence-corrected chi connectivity index (χ0v) is 10.3. The van der Waals surface area contributed by atoms with E-state index >= 15 is 0 Å². The zero-order valence-electron chi connectivity index (χ0n) is 10.3. The molecule has 0 saturated heterocycles. The minimum Gasteiger partial charge on any atom is -0.497 e. The molecule has 5 nitrogen and oxygen atoms in total. The number of nitrogens with zero attached hydrogens (tertiary/aromatic N) is 1. The number of ether oxygens (including phenoxy) is 2. The number of hydrogen-bond acceptors (Lipinski definition) is 4. The third-order valence-corrected chi connectivity index (χ3v) is 2.34. The van der Waals surface area contributed by atoms with E-state index in [9.17, 15) is 4.79 Å². The lowest BCUT2D eigenvalue weighted by Gasteiger charge is -2.07. The van der Waals surface area contributed by atoms with Crippen LogP contribution in [0.5, 0.6) is 11.5 Å². The summed E-state index contributed by atoms with van der Waals surface area (Å²) in [7, 11) is 1.60. The number of benzene rings is 1. The standard InChI is InChI=1S/C13H14N2O3/c1-9-6-13(16)15-12(14-9)8-18-11-5-3-4-10(7-11)17-2/h3-7H,8H2,1-2H3,(H,14,15,16). The van der Waals surface area contributed by atoms with Crippen molar-refractivity contribution in [1.29, 1.82) is 0 Å². The maximum atomic E-state index is 11.3. The average Bonchev–Trinajstić information content (AvgIpc) is 2.35. The summed E-state index contributed by atoms with van der Waals surface area (Å²) in [6.45, 7) is 1.98. The van der Waals surface area contributed by atoms with Crippen molar-refractivity contribution in [3.8, 4) is 11.5 Å². The second kappa shape index (κ2) is 5.35. The fraction of sp³-hybridized carbons (Fsp3) is 0.231. The smallest absolute Gasteiger partial charge is 0.251 e. The molecular formula is C13H14N2O3. The fourth-order valence-electron chi connectivity index (χ4n) is 1.55. The SMILES string of the molecule is COc1cccc(OCc2nc(C)cc(=O)[nH]2)c1. The number of hydrogen-bond donors (Lipinski definition) is 1. The number of rotatable bonds is 4. The van der Waals surface area contributed by atoms with Gasteiger partial charge in [0.1, 0.15) is 23.9 Å². The molecule has 0 fully saturated rings. The van der Waals surface area contributed by atoms with Gasteiger partial charge in [0.2, 0.25) is 0 Å². The molecule has 18 heavy (non-hydrogen) atoms. The van der Waals surface area contributed by atoms with Crippen molar-refractivity contribution in [2.24, 2.45) is 0 Å². The number of nitrogens with one attached hydrogen (secondary N) is 1. The molecule has 1 N–H and O–H groups in total. The average molecular weight is 246 g/mol. The van der Waals surface area contributed by atoms with Crippen LogP contribution in [0, 0.1) is 6.92 Å². The van der Waals surface area contributed by atoms with Crippen LogP contribution in [0.15, 0.2) is 35.1 Å². The van der Waals surface area contributed by atoms with E-state index in [0.29, 0.717) is 17.3 Å². The van der Waals surface area contributed by atoms with E-state index in [1.165, 1.54) is 6.07 Å². The van der Waals surface area contributed by atoms with Crippen LogP contribution in [0.25, 0.3) is 0 Å². The second-order valence-electron chi connectivity index (χ2n) is 3.80.